The average Bonchev–Trinajstić information content (AvgIpc) is 2.42. The zero-order valence-electron chi connectivity index (χ0n) is 14.1. The molecule has 0 amide bonds. The Morgan fingerprint density at radius 1 is 1.16 bits per heavy atom. The van der Waals surface area contributed by atoms with Gasteiger partial charge in [0.05, 0.1) is 0 Å². The van der Waals surface area contributed by atoms with Gasteiger partial charge in [0.15, 0.2) is 0 Å². The maximum atomic E-state index is 4.06. The third-order valence-corrected chi connectivity index (χ3v) is 2.57. The summed E-state index contributed by atoms with van der Waals surface area (Å²) >= 11 is 3.48. The lowest BCUT2D eigenvalue weighted by molar-refractivity contribution is 0.315. The smallest absolute Gasteiger partial charge is 0.0228 e. The summed E-state index contributed by atoms with van der Waals surface area (Å²) in [7, 11) is 0. The summed E-state index contributed by atoms with van der Waals surface area (Å²) < 4.78 is 1.09. The van der Waals surface area contributed by atoms with Crippen molar-refractivity contribution in [3.8, 4) is 0 Å². The lowest BCUT2D eigenvalue weighted by Crippen LogP contribution is -2.25. The first-order valence-electron chi connectivity index (χ1n) is 7.54. The molecule has 0 unspecified atom stereocenters. The van der Waals surface area contributed by atoms with Gasteiger partial charge in [0.2, 0.25) is 0 Å². The molecule has 0 aromatic rings. The van der Waals surface area contributed by atoms with E-state index in [9.17, 15) is 0 Å². The van der Waals surface area contributed by atoms with Crippen molar-refractivity contribution < 1.29 is 0 Å². The van der Waals surface area contributed by atoms with E-state index in [2.05, 4.69) is 47.3 Å². The highest BCUT2D eigenvalue weighted by atomic mass is 79.9. The van der Waals surface area contributed by atoms with E-state index in [0.29, 0.717) is 0 Å². The van der Waals surface area contributed by atoms with Crippen molar-refractivity contribution in [1.29, 1.82) is 0 Å². The van der Waals surface area contributed by atoms with Crippen LogP contribution in [0.25, 0.3) is 0 Å². The second-order valence-electron chi connectivity index (χ2n) is 3.56. The normalized spacial score (nSPS) is 10.7. The molecule has 114 valence electrons. The molecule has 0 aliphatic heterocycles. The molecule has 1 nitrogen and oxygen atoms in total. The Morgan fingerprint density at radius 2 is 1.68 bits per heavy atom. The number of hydrogen-bond acceptors (Lipinski definition) is 1. The van der Waals surface area contributed by atoms with Crippen LogP contribution in [-0.4, -0.2) is 24.5 Å². The minimum Gasteiger partial charge on any atom is -0.299 e. The number of nitrogens with zero attached hydrogens (tertiary/aromatic N) is 1. The molecule has 0 rings (SSSR count). The minimum absolute atomic E-state index is 0.955. The second kappa shape index (κ2) is 20.0. The summed E-state index contributed by atoms with van der Waals surface area (Å²) in [6.07, 6.45) is 7.32. The van der Waals surface area contributed by atoms with Gasteiger partial charge in [0, 0.05) is 11.0 Å². The Kier molecular flexibility index (Phi) is 25.0. The van der Waals surface area contributed by atoms with Gasteiger partial charge in [-0.3, -0.25) is 4.90 Å². The predicted octanol–water partition coefficient (Wildman–Crippen LogP) is 6.18. The molecule has 0 N–H and O–H groups in total. The zero-order chi connectivity index (χ0) is 15.7. The van der Waals surface area contributed by atoms with E-state index in [0.717, 1.165) is 29.7 Å². The van der Waals surface area contributed by atoms with Crippen molar-refractivity contribution in [2.75, 3.05) is 19.6 Å². The van der Waals surface area contributed by atoms with Crippen molar-refractivity contribution >= 4 is 15.9 Å². The Labute approximate surface area is 130 Å². The van der Waals surface area contributed by atoms with Crippen LogP contribution in [0, 0.1) is 0 Å². The van der Waals surface area contributed by atoms with Crippen LogP contribution in [0.1, 0.15) is 54.9 Å². The van der Waals surface area contributed by atoms with Crippen LogP contribution >= 0.6 is 15.9 Å². The number of likely N-dealkylation sites (N-methyl/N-ethyl adjacent to an activating group) is 1. The van der Waals surface area contributed by atoms with Crippen LogP contribution in [0.5, 0.6) is 0 Å². The molecule has 2 heteroatoms. The van der Waals surface area contributed by atoms with E-state index in [1.54, 1.807) is 0 Å². The summed E-state index contributed by atoms with van der Waals surface area (Å²) in [5.41, 5.74) is 1.15. The maximum absolute atomic E-state index is 4.06. The highest BCUT2D eigenvalue weighted by Crippen LogP contribution is 2.11. The fourth-order valence-corrected chi connectivity index (χ4v) is 1.99. The van der Waals surface area contributed by atoms with E-state index >= 15 is 0 Å². The molecule has 0 radical (unpaired) electrons. The van der Waals surface area contributed by atoms with E-state index in [-0.39, 0.29) is 0 Å². The molecule has 0 aromatic heterocycles. The van der Waals surface area contributed by atoms with Gasteiger partial charge >= 0.3 is 0 Å². The van der Waals surface area contributed by atoms with Gasteiger partial charge in [-0.15, -0.1) is 0 Å². The molecule has 0 atom stereocenters. The van der Waals surface area contributed by atoms with E-state index in [4.69, 9.17) is 0 Å². The SMILES string of the molecule is C=C(/C=C(Br)\C=C/C)CN(CC)CCC.CC.CC. The van der Waals surface area contributed by atoms with Gasteiger partial charge < -0.3 is 0 Å². The molecule has 0 bridgehead atoms. The third kappa shape index (κ3) is 17.7. The summed E-state index contributed by atoms with van der Waals surface area (Å²) in [6, 6.07) is 0. The summed E-state index contributed by atoms with van der Waals surface area (Å²) in [6.45, 7) is 21.6. The van der Waals surface area contributed by atoms with Gasteiger partial charge in [-0.1, -0.05) is 76.2 Å². The number of rotatable bonds is 7. The average molecular weight is 332 g/mol. The monoisotopic (exact) mass is 331 g/mol. The Balaban J connectivity index is -0.000000579. The van der Waals surface area contributed by atoms with E-state index in [1.807, 2.05) is 46.8 Å². The first-order chi connectivity index (χ1) is 9.13. The largest absolute Gasteiger partial charge is 0.299 e. The molecule has 0 aliphatic rings. The van der Waals surface area contributed by atoms with Crippen molar-refractivity contribution in [2.45, 2.75) is 54.9 Å². The van der Waals surface area contributed by atoms with Crippen LogP contribution in [0.3, 0.4) is 0 Å². The van der Waals surface area contributed by atoms with E-state index < -0.39 is 0 Å². The van der Waals surface area contributed by atoms with E-state index in [1.165, 1.54) is 6.42 Å². The topological polar surface area (TPSA) is 3.24 Å². The molecule has 0 heterocycles. The molecule has 0 fully saturated rings. The van der Waals surface area contributed by atoms with Gasteiger partial charge in [0.25, 0.3) is 0 Å². The minimum atomic E-state index is 0.955. The third-order valence-electron chi connectivity index (χ3n) is 2.08. The highest BCUT2D eigenvalue weighted by Gasteiger charge is 2.01. The van der Waals surface area contributed by atoms with Crippen LogP contribution in [-0.2, 0) is 0 Å². The first-order valence-corrected chi connectivity index (χ1v) is 8.33. The Hall–Kier alpha value is -0.340. The molecule has 0 saturated heterocycles. The van der Waals surface area contributed by atoms with Crippen molar-refractivity contribution in [1.82, 2.24) is 4.90 Å². The second-order valence-corrected chi connectivity index (χ2v) is 4.47. The van der Waals surface area contributed by atoms with Crippen molar-refractivity contribution in [2.24, 2.45) is 0 Å². The molecule has 0 aliphatic carbocycles. The van der Waals surface area contributed by atoms with Crippen molar-refractivity contribution in [3.63, 3.8) is 0 Å². The maximum Gasteiger partial charge on any atom is 0.0228 e. The zero-order valence-corrected chi connectivity index (χ0v) is 15.7. The summed E-state index contributed by atoms with van der Waals surface area (Å²) in [4.78, 5) is 2.40. The quantitative estimate of drug-likeness (QED) is 0.503. The van der Waals surface area contributed by atoms with Gasteiger partial charge in [0.1, 0.15) is 0 Å². The van der Waals surface area contributed by atoms with Crippen LogP contribution in [0.2, 0.25) is 0 Å². The first kappa shape index (κ1) is 23.7. The lowest BCUT2D eigenvalue weighted by Gasteiger charge is -2.19. The lowest BCUT2D eigenvalue weighted by atomic mass is 10.2. The Morgan fingerprint density at radius 3 is 2.05 bits per heavy atom. The Bertz CT molecular complexity index is 242. The molecule has 0 aromatic carbocycles. The molecule has 0 saturated carbocycles. The summed E-state index contributed by atoms with van der Waals surface area (Å²) in [5, 5.41) is 0. The molecule has 19 heavy (non-hydrogen) atoms. The van der Waals surface area contributed by atoms with Crippen LogP contribution in [0.15, 0.2) is 34.9 Å². The van der Waals surface area contributed by atoms with Gasteiger partial charge in [-0.05, 0) is 38.1 Å². The van der Waals surface area contributed by atoms with Gasteiger partial charge in [-0.25, -0.2) is 0 Å². The molecule has 0 spiro atoms. The number of halogens is 1. The molecular formula is C17H34BrN. The standard InChI is InChI=1S/C13H22BrN.2C2H6/c1-5-8-13(14)10-12(4)11-15(7-3)9-6-2;2*1-2/h5,8,10H,4,6-7,9,11H2,1-3H3;2*1-2H3/b8-5-,13-10+;;. The molecular weight excluding hydrogens is 298 g/mol. The fourth-order valence-electron chi connectivity index (χ4n) is 1.40. The van der Waals surface area contributed by atoms with Crippen LogP contribution < -0.4 is 0 Å². The van der Waals surface area contributed by atoms with Crippen LogP contribution in [0.4, 0.5) is 0 Å². The van der Waals surface area contributed by atoms with Crippen molar-refractivity contribution in [3.05, 3.63) is 34.9 Å². The fraction of sp³-hybridized carbons (Fsp3) is 0.647. The van der Waals surface area contributed by atoms with Gasteiger partial charge in [-0.2, -0.15) is 0 Å². The summed E-state index contributed by atoms with van der Waals surface area (Å²) in [5.74, 6) is 0. The number of hydrogen-bond donors (Lipinski definition) is 0. The number of allylic oxidation sites excluding steroid dienone is 3. The highest BCUT2D eigenvalue weighted by molar-refractivity contribution is 9.11. The predicted molar refractivity (Wildman–Crippen MR) is 96.1 cm³/mol.